The van der Waals surface area contributed by atoms with Crippen LogP contribution in [0, 0.1) is 11.3 Å². The van der Waals surface area contributed by atoms with E-state index in [4.69, 9.17) is 15.7 Å². The maximum atomic E-state index is 8.67. The molecule has 0 saturated heterocycles. The number of hydrogen-bond acceptors (Lipinski definition) is 4. The van der Waals surface area contributed by atoms with Gasteiger partial charge in [-0.25, -0.2) is 0 Å². The molecule has 1 aromatic rings. The quantitative estimate of drug-likeness (QED) is 0.787. The summed E-state index contributed by atoms with van der Waals surface area (Å²) in [4.78, 5) is 1.99. The number of nitrogens with two attached hydrogens (primary N) is 1. The van der Waals surface area contributed by atoms with Crippen molar-refractivity contribution in [1.29, 1.82) is 5.26 Å². The van der Waals surface area contributed by atoms with Crippen LogP contribution in [0.25, 0.3) is 0 Å². The topological polar surface area (TPSA) is 62.3 Å². The molecule has 0 aliphatic rings. The minimum atomic E-state index is 0.124. The summed E-state index contributed by atoms with van der Waals surface area (Å²) in [5.41, 5.74) is 7.48. The van der Waals surface area contributed by atoms with Crippen molar-refractivity contribution in [2.24, 2.45) is 0 Å². The molecule has 0 radical (unpaired) electrons. The Morgan fingerprint density at radius 3 is 2.81 bits per heavy atom. The second-order valence-electron chi connectivity index (χ2n) is 3.75. The van der Waals surface area contributed by atoms with Gasteiger partial charge >= 0.3 is 0 Å². The monoisotopic (exact) mass is 219 g/mol. The normalized spacial score (nSPS) is 11.6. The van der Waals surface area contributed by atoms with Crippen molar-refractivity contribution < 1.29 is 4.74 Å². The molecule has 0 amide bonds. The molecule has 0 fully saturated rings. The highest BCUT2D eigenvalue weighted by atomic mass is 16.5. The summed E-state index contributed by atoms with van der Waals surface area (Å²) in [7, 11) is 3.54. The van der Waals surface area contributed by atoms with Gasteiger partial charge in [-0.3, -0.25) is 0 Å². The first-order valence-electron chi connectivity index (χ1n) is 5.13. The van der Waals surface area contributed by atoms with Crippen LogP contribution in [0.4, 0.5) is 11.4 Å². The van der Waals surface area contributed by atoms with Gasteiger partial charge in [0, 0.05) is 19.2 Å². The first-order chi connectivity index (χ1) is 7.60. The van der Waals surface area contributed by atoms with E-state index in [1.54, 1.807) is 7.11 Å². The van der Waals surface area contributed by atoms with E-state index in [1.807, 2.05) is 37.1 Å². The van der Waals surface area contributed by atoms with Crippen molar-refractivity contribution in [3.63, 3.8) is 0 Å². The van der Waals surface area contributed by atoms with Crippen LogP contribution in [0.5, 0.6) is 5.75 Å². The minimum Gasteiger partial charge on any atom is -0.497 e. The molecule has 1 aromatic carbocycles. The fraction of sp³-hybridized carbons (Fsp3) is 0.417. The van der Waals surface area contributed by atoms with Gasteiger partial charge in [0.2, 0.25) is 0 Å². The molecule has 4 nitrogen and oxygen atoms in total. The van der Waals surface area contributed by atoms with E-state index in [1.165, 1.54) is 0 Å². The molecule has 1 rings (SSSR count). The third-order valence-corrected chi connectivity index (χ3v) is 2.67. The van der Waals surface area contributed by atoms with Crippen LogP contribution in [-0.2, 0) is 0 Å². The van der Waals surface area contributed by atoms with Crippen LogP contribution in [0.15, 0.2) is 18.2 Å². The first kappa shape index (κ1) is 12.2. The van der Waals surface area contributed by atoms with Gasteiger partial charge in [0.15, 0.2) is 0 Å². The summed E-state index contributed by atoms with van der Waals surface area (Å²) in [6.45, 7) is 1.99. The Hall–Kier alpha value is -1.89. The van der Waals surface area contributed by atoms with E-state index in [-0.39, 0.29) is 6.04 Å². The summed E-state index contributed by atoms with van der Waals surface area (Å²) < 4.78 is 5.15. The third kappa shape index (κ3) is 2.57. The maximum absolute atomic E-state index is 8.67. The lowest BCUT2D eigenvalue weighted by Gasteiger charge is -2.26. The Morgan fingerprint density at radius 1 is 1.56 bits per heavy atom. The lowest BCUT2D eigenvalue weighted by atomic mass is 10.1. The molecule has 0 bridgehead atoms. The molecule has 0 aromatic heterocycles. The Balaban J connectivity index is 2.98. The second kappa shape index (κ2) is 5.26. The highest BCUT2D eigenvalue weighted by Crippen LogP contribution is 2.28. The number of ether oxygens (including phenoxy) is 1. The fourth-order valence-electron chi connectivity index (χ4n) is 1.46. The van der Waals surface area contributed by atoms with Gasteiger partial charge in [0.25, 0.3) is 0 Å². The van der Waals surface area contributed by atoms with Gasteiger partial charge in [0.1, 0.15) is 5.75 Å². The summed E-state index contributed by atoms with van der Waals surface area (Å²) in [5, 5.41) is 8.67. The number of rotatable bonds is 4. The fourth-order valence-corrected chi connectivity index (χ4v) is 1.46. The molecule has 86 valence electrons. The molecule has 0 spiro atoms. The molecule has 2 N–H and O–H groups in total. The van der Waals surface area contributed by atoms with Crippen LogP contribution in [0.2, 0.25) is 0 Å². The van der Waals surface area contributed by atoms with Crippen molar-refractivity contribution in [3.05, 3.63) is 18.2 Å². The smallest absolute Gasteiger partial charge is 0.121 e. The lowest BCUT2D eigenvalue weighted by Crippen LogP contribution is -2.29. The molecule has 4 heteroatoms. The highest BCUT2D eigenvalue weighted by molar-refractivity contribution is 5.69. The Bertz CT molecular complexity index is 398. The summed E-state index contributed by atoms with van der Waals surface area (Å²) in [5.74, 6) is 0.764. The zero-order valence-electron chi connectivity index (χ0n) is 9.90. The standard InChI is InChI=1S/C12H17N3O/c1-9(6-7-13)15(2)12-8-10(16-3)4-5-11(12)14/h4-5,8-9H,6,14H2,1-3H3. The maximum Gasteiger partial charge on any atom is 0.121 e. The van der Waals surface area contributed by atoms with Gasteiger partial charge in [-0.1, -0.05) is 0 Å². The van der Waals surface area contributed by atoms with Crippen molar-refractivity contribution in [2.45, 2.75) is 19.4 Å². The van der Waals surface area contributed by atoms with E-state index in [0.717, 1.165) is 11.4 Å². The second-order valence-corrected chi connectivity index (χ2v) is 3.75. The molecule has 0 aliphatic heterocycles. The number of benzene rings is 1. The van der Waals surface area contributed by atoms with Gasteiger partial charge in [-0.15, -0.1) is 0 Å². The SMILES string of the molecule is COc1ccc(N)c(N(C)C(C)CC#N)c1. The zero-order valence-corrected chi connectivity index (χ0v) is 9.90. The molecule has 1 unspecified atom stereocenters. The molecular formula is C12H17N3O. The van der Waals surface area contributed by atoms with E-state index < -0.39 is 0 Å². The van der Waals surface area contributed by atoms with E-state index in [0.29, 0.717) is 12.1 Å². The molecule has 1 atom stereocenters. The largest absolute Gasteiger partial charge is 0.497 e. The lowest BCUT2D eigenvalue weighted by molar-refractivity contribution is 0.415. The number of methoxy groups -OCH3 is 1. The Labute approximate surface area is 96.2 Å². The van der Waals surface area contributed by atoms with Crippen molar-refractivity contribution in [2.75, 3.05) is 24.8 Å². The molecular weight excluding hydrogens is 202 g/mol. The van der Waals surface area contributed by atoms with Crippen molar-refractivity contribution in [1.82, 2.24) is 0 Å². The minimum absolute atomic E-state index is 0.124. The van der Waals surface area contributed by atoms with Crippen LogP contribution >= 0.6 is 0 Å². The summed E-state index contributed by atoms with van der Waals surface area (Å²) in [6.07, 6.45) is 0.465. The summed E-state index contributed by atoms with van der Waals surface area (Å²) >= 11 is 0. The highest BCUT2D eigenvalue weighted by Gasteiger charge is 2.12. The summed E-state index contributed by atoms with van der Waals surface area (Å²) in [6, 6.07) is 7.79. The van der Waals surface area contributed by atoms with Crippen LogP contribution < -0.4 is 15.4 Å². The van der Waals surface area contributed by atoms with Gasteiger partial charge in [-0.2, -0.15) is 5.26 Å². The number of hydrogen-bond donors (Lipinski definition) is 1. The van der Waals surface area contributed by atoms with Crippen LogP contribution in [0.3, 0.4) is 0 Å². The first-order valence-corrected chi connectivity index (χ1v) is 5.13. The molecule has 0 heterocycles. The number of nitrogens with zero attached hydrogens (tertiary/aromatic N) is 2. The number of nitriles is 1. The number of anilines is 2. The van der Waals surface area contributed by atoms with Gasteiger partial charge < -0.3 is 15.4 Å². The Kier molecular flexibility index (Phi) is 4.01. The van der Waals surface area contributed by atoms with Crippen molar-refractivity contribution in [3.8, 4) is 11.8 Å². The average molecular weight is 219 g/mol. The van der Waals surface area contributed by atoms with Crippen LogP contribution in [0.1, 0.15) is 13.3 Å². The zero-order chi connectivity index (χ0) is 12.1. The van der Waals surface area contributed by atoms with Crippen LogP contribution in [-0.4, -0.2) is 20.2 Å². The predicted octanol–water partition coefficient (Wildman–Crippen LogP) is 2.02. The average Bonchev–Trinajstić information content (AvgIpc) is 2.29. The van der Waals surface area contributed by atoms with Gasteiger partial charge in [-0.05, 0) is 19.1 Å². The predicted molar refractivity (Wildman–Crippen MR) is 65.5 cm³/mol. The van der Waals surface area contributed by atoms with Gasteiger partial charge in [0.05, 0.1) is 31.0 Å². The third-order valence-electron chi connectivity index (χ3n) is 2.67. The molecule has 16 heavy (non-hydrogen) atoms. The van der Waals surface area contributed by atoms with Crippen molar-refractivity contribution >= 4 is 11.4 Å². The van der Waals surface area contributed by atoms with E-state index >= 15 is 0 Å². The van der Waals surface area contributed by atoms with E-state index in [2.05, 4.69) is 6.07 Å². The molecule has 0 aliphatic carbocycles. The van der Waals surface area contributed by atoms with E-state index in [9.17, 15) is 0 Å². The molecule has 0 saturated carbocycles. The number of nitrogen functional groups attached to an aromatic ring is 1. The Morgan fingerprint density at radius 2 is 2.25 bits per heavy atom.